The molecule has 0 aliphatic heterocycles. The summed E-state index contributed by atoms with van der Waals surface area (Å²) in [5.74, 6) is -0.185. The van der Waals surface area contributed by atoms with Crippen LogP contribution in [0, 0.1) is 5.82 Å². The van der Waals surface area contributed by atoms with Crippen molar-refractivity contribution in [2.75, 3.05) is 6.54 Å². The molecule has 0 fully saturated rings. The van der Waals surface area contributed by atoms with Gasteiger partial charge >= 0.3 is 0 Å². The van der Waals surface area contributed by atoms with Gasteiger partial charge in [0, 0.05) is 18.5 Å². The van der Waals surface area contributed by atoms with Crippen molar-refractivity contribution < 1.29 is 4.39 Å². The van der Waals surface area contributed by atoms with Crippen molar-refractivity contribution >= 4 is 21.6 Å². The minimum absolute atomic E-state index is 0.0710. The van der Waals surface area contributed by atoms with Crippen molar-refractivity contribution in [1.82, 2.24) is 4.98 Å². The maximum Gasteiger partial charge on any atom is 0.125 e. The highest BCUT2D eigenvalue weighted by Crippen LogP contribution is 2.31. The Balaban J connectivity index is 2.07. The Morgan fingerprint density at radius 1 is 1.16 bits per heavy atom. The number of thiazole rings is 1. The summed E-state index contributed by atoms with van der Waals surface area (Å²) >= 11 is 1.58. The van der Waals surface area contributed by atoms with Crippen LogP contribution in [0.3, 0.4) is 0 Å². The van der Waals surface area contributed by atoms with Gasteiger partial charge in [-0.1, -0.05) is 30.3 Å². The molecule has 0 radical (unpaired) electrons. The number of rotatable bonds is 3. The van der Waals surface area contributed by atoms with Gasteiger partial charge in [0.25, 0.3) is 0 Å². The second-order valence-corrected chi connectivity index (χ2v) is 5.43. The fraction of sp³-hybridized carbons (Fsp3) is 0.133. The van der Waals surface area contributed by atoms with Crippen LogP contribution in [0.2, 0.25) is 0 Å². The molecule has 1 unspecified atom stereocenters. The van der Waals surface area contributed by atoms with Gasteiger partial charge in [-0.25, -0.2) is 9.37 Å². The molecule has 96 valence electrons. The molecule has 2 aromatic carbocycles. The molecule has 1 aromatic heterocycles. The number of nitrogens with zero attached hydrogens (tertiary/aromatic N) is 1. The molecule has 0 aliphatic rings. The minimum Gasteiger partial charge on any atom is -0.329 e. The highest BCUT2D eigenvalue weighted by atomic mass is 32.1. The summed E-state index contributed by atoms with van der Waals surface area (Å²) in [4.78, 5) is 4.52. The molecule has 19 heavy (non-hydrogen) atoms. The first kappa shape index (κ1) is 12.3. The maximum atomic E-state index is 13.2. The maximum absolute atomic E-state index is 13.2. The van der Waals surface area contributed by atoms with Gasteiger partial charge in [-0.2, -0.15) is 0 Å². The van der Waals surface area contributed by atoms with Crippen LogP contribution >= 0.6 is 11.3 Å². The fourth-order valence-electron chi connectivity index (χ4n) is 2.13. The SMILES string of the molecule is NCC(c1ccccc1)c1nc2cc(F)ccc2s1. The zero-order valence-electron chi connectivity index (χ0n) is 10.2. The van der Waals surface area contributed by atoms with E-state index in [0.717, 1.165) is 15.3 Å². The molecule has 0 amide bonds. The highest BCUT2D eigenvalue weighted by molar-refractivity contribution is 7.18. The van der Waals surface area contributed by atoms with Crippen molar-refractivity contribution in [3.63, 3.8) is 0 Å². The van der Waals surface area contributed by atoms with Gasteiger partial charge in [-0.15, -0.1) is 11.3 Å². The Morgan fingerprint density at radius 2 is 1.95 bits per heavy atom. The first-order valence-electron chi connectivity index (χ1n) is 6.09. The Bertz CT molecular complexity index is 694. The molecule has 0 bridgehead atoms. The first-order chi connectivity index (χ1) is 9.28. The molecule has 3 aromatic rings. The van der Waals surface area contributed by atoms with Crippen LogP contribution < -0.4 is 5.73 Å². The van der Waals surface area contributed by atoms with Gasteiger partial charge in [-0.05, 0) is 17.7 Å². The summed E-state index contributed by atoms with van der Waals surface area (Å²) in [5.41, 5.74) is 7.73. The molecule has 1 atom stereocenters. The molecule has 1 heterocycles. The summed E-state index contributed by atoms with van der Waals surface area (Å²) in [6.07, 6.45) is 0. The second-order valence-electron chi connectivity index (χ2n) is 4.36. The van der Waals surface area contributed by atoms with E-state index in [1.54, 1.807) is 17.4 Å². The highest BCUT2D eigenvalue weighted by Gasteiger charge is 2.17. The minimum atomic E-state index is -0.256. The van der Waals surface area contributed by atoms with Crippen LogP contribution in [0.15, 0.2) is 48.5 Å². The third-order valence-electron chi connectivity index (χ3n) is 3.10. The van der Waals surface area contributed by atoms with Crippen molar-refractivity contribution in [3.8, 4) is 0 Å². The number of nitrogens with two attached hydrogens (primary N) is 1. The van der Waals surface area contributed by atoms with E-state index in [2.05, 4.69) is 4.98 Å². The molecule has 0 spiro atoms. The normalized spacial score (nSPS) is 12.7. The summed E-state index contributed by atoms with van der Waals surface area (Å²) in [6.45, 7) is 0.492. The van der Waals surface area contributed by atoms with Gasteiger partial charge < -0.3 is 5.73 Å². The summed E-state index contributed by atoms with van der Waals surface area (Å²) in [5, 5.41) is 0.939. The first-order valence-corrected chi connectivity index (χ1v) is 6.90. The lowest BCUT2D eigenvalue weighted by Crippen LogP contribution is -2.13. The second kappa shape index (κ2) is 5.07. The van der Waals surface area contributed by atoms with Crippen molar-refractivity contribution in [2.45, 2.75) is 5.92 Å². The van der Waals surface area contributed by atoms with Crippen molar-refractivity contribution in [2.24, 2.45) is 5.73 Å². The average molecular weight is 272 g/mol. The lowest BCUT2D eigenvalue weighted by atomic mass is 10.0. The molecule has 4 heteroatoms. The fourth-order valence-corrected chi connectivity index (χ4v) is 3.22. The van der Waals surface area contributed by atoms with Gasteiger partial charge in [-0.3, -0.25) is 0 Å². The van der Waals surface area contributed by atoms with E-state index in [-0.39, 0.29) is 11.7 Å². The van der Waals surface area contributed by atoms with Gasteiger partial charge in [0.1, 0.15) is 10.8 Å². The molecule has 3 rings (SSSR count). The Kier molecular flexibility index (Phi) is 3.27. The molecular weight excluding hydrogens is 259 g/mol. The number of benzene rings is 2. The molecule has 2 N–H and O–H groups in total. The summed E-state index contributed by atoms with van der Waals surface area (Å²) in [6, 6.07) is 14.7. The van der Waals surface area contributed by atoms with E-state index in [0.29, 0.717) is 12.1 Å². The van der Waals surface area contributed by atoms with E-state index >= 15 is 0 Å². The average Bonchev–Trinajstić information content (AvgIpc) is 2.83. The monoisotopic (exact) mass is 272 g/mol. The van der Waals surface area contributed by atoms with Crippen LogP contribution in [-0.2, 0) is 0 Å². The van der Waals surface area contributed by atoms with Crippen LogP contribution in [0.4, 0.5) is 4.39 Å². The number of hydrogen-bond donors (Lipinski definition) is 1. The number of fused-ring (bicyclic) bond motifs is 1. The van der Waals surface area contributed by atoms with E-state index < -0.39 is 0 Å². The Labute approximate surface area is 114 Å². The topological polar surface area (TPSA) is 38.9 Å². The lowest BCUT2D eigenvalue weighted by molar-refractivity contribution is 0.629. The van der Waals surface area contributed by atoms with Crippen molar-refractivity contribution in [3.05, 3.63) is 64.9 Å². The summed E-state index contributed by atoms with van der Waals surface area (Å²) in [7, 11) is 0. The van der Waals surface area contributed by atoms with Crippen LogP contribution in [0.1, 0.15) is 16.5 Å². The zero-order valence-corrected chi connectivity index (χ0v) is 11.0. The van der Waals surface area contributed by atoms with Gasteiger partial charge in [0.05, 0.1) is 10.2 Å². The Hall–Kier alpha value is -1.78. The smallest absolute Gasteiger partial charge is 0.125 e. The van der Waals surface area contributed by atoms with E-state index in [4.69, 9.17) is 5.73 Å². The van der Waals surface area contributed by atoms with E-state index in [1.165, 1.54) is 12.1 Å². The Morgan fingerprint density at radius 3 is 2.68 bits per heavy atom. The predicted octanol–water partition coefficient (Wildman–Crippen LogP) is 3.53. The standard InChI is InChI=1S/C15H13FN2S/c16-11-6-7-14-13(8-11)18-15(19-14)12(9-17)10-4-2-1-3-5-10/h1-8,12H,9,17H2. The molecular formula is C15H13FN2S. The number of aromatic nitrogens is 1. The molecule has 0 saturated heterocycles. The van der Waals surface area contributed by atoms with E-state index in [1.807, 2.05) is 30.3 Å². The van der Waals surface area contributed by atoms with E-state index in [9.17, 15) is 4.39 Å². The van der Waals surface area contributed by atoms with Crippen LogP contribution in [-0.4, -0.2) is 11.5 Å². The van der Waals surface area contributed by atoms with Crippen molar-refractivity contribution in [1.29, 1.82) is 0 Å². The third-order valence-corrected chi connectivity index (χ3v) is 4.25. The summed E-state index contributed by atoms with van der Waals surface area (Å²) < 4.78 is 14.2. The predicted molar refractivity (Wildman–Crippen MR) is 76.9 cm³/mol. The lowest BCUT2D eigenvalue weighted by Gasteiger charge is -2.11. The van der Waals surface area contributed by atoms with Gasteiger partial charge in [0.2, 0.25) is 0 Å². The largest absolute Gasteiger partial charge is 0.329 e. The zero-order chi connectivity index (χ0) is 13.2. The molecule has 0 saturated carbocycles. The van der Waals surface area contributed by atoms with Crippen LogP contribution in [0.25, 0.3) is 10.2 Å². The quantitative estimate of drug-likeness (QED) is 0.792. The number of halogens is 1. The number of hydrogen-bond acceptors (Lipinski definition) is 3. The molecule has 0 aliphatic carbocycles. The third kappa shape index (κ3) is 2.37. The van der Waals surface area contributed by atoms with Gasteiger partial charge in [0.15, 0.2) is 0 Å². The van der Waals surface area contributed by atoms with Crippen LogP contribution in [0.5, 0.6) is 0 Å². The molecule has 2 nitrogen and oxygen atoms in total.